The number of carboxylic acids is 1. The van der Waals surface area contributed by atoms with Crippen molar-refractivity contribution in [1.29, 1.82) is 0 Å². The topological polar surface area (TPSA) is 94.5 Å². The van der Waals surface area contributed by atoms with E-state index >= 15 is 0 Å². The molecular formula is C24H25ClNO7PS. The number of ether oxygens (including phenoxy) is 2. The van der Waals surface area contributed by atoms with E-state index in [1.165, 1.54) is 25.4 Å². The minimum Gasteiger partial charge on any atom is -0.493 e. The Kier molecular flexibility index (Phi) is 9.34. The van der Waals surface area contributed by atoms with E-state index in [1.54, 1.807) is 72.8 Å². The highest BCUT2D eigenvalue weighted by molar-refractivity contribution is 7.97. The monoisotopic (exact) mass is 537 g/mol. The number of hydrogen-bond acceptors (Lipinski definition) is 8. The minimum atomic E-state index is -4.08. The number of carbonyl (C=O) groups is 1. The smallest absolute Gasteiger partial charge is 0.445 e. The van der Waals surface area contributed by atoms with Crippen molar-refractivity contribution in [3.8, 4) is 23.0 Å². The van der Waals surface area contributed by atoms with E-state index in [9.17, 15) is 14.5 Å². The van der Waals surface area contributed by atoms with Gasteiger partial charge in [0.1, 0.15) is 12.3 Å². The molecular weight excluding hydrogens is 513 g/mol. The van der Waals surface area contributed by atoms with E-state index in [1.807, 2.05) is 0 Å². The van der Waals surface area contributed by atoms with Crippen molar-refractivity contribution in [2.75, 3.05) is 20.5 Å². The van der Waals surface area contributed by atoms with Crippen molar-refractivity contribution in [3.05, 3.63) is 77.8 Å². The maximum atomic E-state index is 14.2. The summed E-state index contributed by atoms with van der Waals surface area (Å²) < 4.78 is 38.2. The second-order valence-corrected chi connectivity index (χ2v) is 10.6. The molecule has 0 saturated carbocycles. The number of para-hydroxylation sites is 4. The summed E-state index contributed by atoms with van der Waals surface area (Å²) in [5.41, 5.74) is 0. The molecule has 0 spiro atoms. The van der Waals surface area contributed by atoms with Gasteiger partial charge < -0.3 is 23.6 Å². The highest BCUT2D eigenvalue weighted by Crippen LogP contribution is 2.53. The average Bonchev–Trinajstić information content (AvgIpc) is 2.85. The molecule has 1 unspecified atom stereocenters. The van der Waals surface area contributed by atoms with Crippen molar-refractivity contribution in [2.24, 2.45) is 0 Å². The van der Waals surface area contributed by atoms with Gasteiger partial charge >= 0.3 is 13.6 Å². The molecule has 0 saturated heterocycles. The van der Waals surface area contributed by atoms with Crippen LogP contribution < -0.4 is 18.5 Å². The van der Waals surface area contributed by atoms with Crippen LogP contribution in [0.5, 0.6) is 23.0 Å². The van der Waals surface area contributed by atoms with Crippen LogP contribution in [0, 0.1) is 0 Å². The van der Waals surface area contributed by atoms with Crippen molar-refractivity contribution < 1.29 is 33.0 Å². The summed E-state index contributed by atoms with van der Waals surface area (Å²) in [7, 11) is -1.16. The fourth-order valence-electron chi connectivity index (χ4n) is 2.92. The molecule has 0 aliphatic carbocycles. The summed E-state index contributed by atoms with van der Waals surface area (Å²) in [5, 5.41) is 10.3. The van der Waals surface area contributed by atoms with Crippen LogP contribution >= 0.6 is 31.1 Å². The summed E-state index contributed by atoms with van der Waals surface area (Å²) in [5.74, 6) is -0.0352. The van der Waals surface area contributed by atoms with Gasteiger partial charge in [-0.1, -0.05) is 35.9 Å². The molecule has 0 radical (unpaired) electrons. The summed E-state index contributed by atoms with van der Waals surface area (Å²) in [6, 6.07) is 19.2. The number of hydrogen-bond donors (Lipinski definition) is 1. The molecule has 0 aliphatic heterocycles. The summed E-state index contributed by atoms with van der Waals surface area (Å²) in [6.45, 7) is 1.49. The number of halogens is 1. The average molecular weight is 538 g/mol. The third-order valence-electron chi connectivity index (χ3n) is 4.75. The lowest BCUT2D eigenvalue weighted by atomic mass is 10.3. The highest BCUT2D eigenvalue weighted by atomic mass is 35.5. The van der Waals surface area contributed by atoms with Gasteiger partial charge in [-0.25, -0.2) is 8.87 Å². The first kappa shape index (κ1) is 26.8. The Morgan fingerprint density at radius 3 is 1.80 bits per heavy atom. The number of nitrogens with zero attached hydrogens (tertiary/aromatic N) is 1. The number of methoxy groups -OCH3 is 2. The quantitative estimate of drug-likeness (QED) is 0.206. The molecule has 0 heterocycles. The van der Waals surface area contributed by atoms with E-state index in [-0.39, 0.29) is 17.8 Å². The number of benzene rings is 3. The molecule has 0 bridgehead atoms. The predicted molar refractivity (Wildman–Crippen MR) is 136 cm³/mol. The van der Waals surface area contributed by atoms with Crippen LogP contribution in [0.1, 0.15) is 6.92 Å². The molecule has 186 valence electrons. The Morgan fingerprint density at radius 1 is 0.914 bits per heavy atom. The van der Waals surface area contributed by atoms with Crippen molar-refractivity contribution in [1.82, 2.24) is 4.31 Å². The zero-order valence-corrected chi connectivity index (χ0v) is 21.8. The Bertz CT molecular complexity index is 1140. The van der Waals surface area contributed by atoms with Gasteiger partial charge in [-0.15, -0.1) is 0 Å². The van der Waals surface area contributed by atoms with E-state index in [0.717, 1.165) is 11.9 Å². The standard InChI is InChI=1S/C24H25ClNO7PS/c1-17(24(27)28)26(35-19-14-12-18(25)13-15-19)16-34(29,32-22-10-6-4-8-20(22)30-2)33-23-11-7-5-9-21(23)31-3/h4-15,17H,16H2,1-3H3,(H,27,28). The second-order valence-electron chi connectivity index (χ2n) is 7.21. The second kappa shape index (κ2) is 12.2. The fourth-order valence-corrected chi connectivity index (χ4v) is 6.12. The molecule has 0 amide bonds. The highest BCUT2D eigenvalue weighted by Gasteiger charge is 2.37. The lowest BCUT2D eigenvalue weighted by molar-refractivity contribution is -0.140. The van der Waals surface area contributed by atoms with Crippen molar-refractivity contribution in [2.45, 2.75) is 17.9 Å². The molecule has 8 nitrogen and oxygen atoms in total. The summed E-state index contributed by atoms with van der Waals surface area (Å²) >= 11 is 7.08. The number of rotatable bonds is 12. The molecule has 1 atom stereocenters. The molecule has 3 aromatic carbocycles. The van der Waals surface area contributed by atoms with E-state index in [4.69, 9.17) is 30.1 Å². The van der Waals surface area contributed by atoms with Crippen LogP contribution in [0.4, 0.5) is 0 Å². The zero-order chi connectivity index (χ0) is 25.4. The van der Waals surface area contributed by atoms with E-state index in [2.05, 4.69) is 0 Å². The molecule has 35 heavy (non-hydrogen) atoms. The molecule has 1 N–H and O–H groups in total. The molecule has 0 fully saturated rings. The number of aliphatic carboxylic acids is 1. The molecule has 3 rings (SSSR count). The third kappa shape index (κ3) is 7.32. The lowest BCUT2D eigenvalue weighted by Crippen LogP contribution is -2.35. The van der Waals surface area contributed by atoms with Gasteiger partial charge in [0.05, 0.1) is 14.2 Å². The van der Waals surface area contributed by atoms with Crippen LogP contribution in [0.3, 0.4) is 0 Å². The largest absolute Gasteiger partial charge is 0.493 e. The fraction of sp³-hybridized carbons (Fsp3) is 0.208. The van der Waals surface area contributed by atoms with Gasteiger partial charge in [-0.2, -0.15) is 0 Å². The Morgan fingerprint density at radius 2 is 1.37 bits per heavy atom. The third-order valence-corrected chi connectivity index (χ3v) is 7.96. The van der Waals surface area contributed by atoms with E-state index < -0.39 is 19.6 Å². The normalized spacial score (nSPS) is 12.1. The lowest BCUT2D eigenvalue weighted by Gasteiger charge is -2.29. The van der Waals surface area contributed by atoms with Gasteiger partial charge in [0.25, 0.3) is 0 Å². The first-order valence-electron chi connectivity index (χ1n) is 10.4. The Labute approximate surface area is 213 Å². The predicted octanol–water partition coefficient (Wildman–Crippen LogP) is 6.45. The maximum absolute atomic E-state index is 14.2. The molecule has 11 heteroatoms. The Balaban J connectivity index is 2.01. The molecule has 3 aromatic rings. The minimum absolute atomic E-state index is 0.188. The Hall–Kier alpha value is -2.84. The summed E-state index contributed by atoms with van der Waals surface area (Å²) in [6.07, 6.45) is -0.371. The van der Waals surface area contributed by atoms with Gasteiger partial charge in [0.2, 0.25) is 0 Å². The first-order chi connectivity index (χ1) is 16.7. The van der Waals surface area contributed by atoms with Crippen LogP contribution in [0.25, 0.3) is 0 Å². The van der Waals surface area contributed by atoms with Crippen molar-refractivity contribution >= 4 is 37.1 Å². The first-order valence-corrected chi connectivity index (χ1v) is 13.3. The van der Waals surface area contributed by atoms with Gasteiger partial charge in [0.15, 0.2) is 23.0 Å². The van der Waals surface area contributed by atoms with Crippen LogP contribution in [-0.2, 0) is 9.36 Å². The van der Waals surface area contributed by atoms with Crippen LogP contribution in [0.2, 0.25) is 5.02 Å². The number of carboxylic acid groups (broad SMARTS) is 1. The van der Waals surface area contributed by atoms with E-state index in [0.29, 0.717) is 21.4 Å². The van der Waals surface area contributed by atoms with Gasteiger partial charge in [-0.3, -0.25) is 4.79 Å². The molecule has 0 aromatic heterocycles. The van der Waals surface area contributed by atoms with Gasteiger partial charge in [0, 0.05) is 9.92 Å². The zero-order valence-electron chi connectivity index (χ0n) is 19.3. The molecule has 0 aliphatic rings. The summed E-state index contributed by atoms with van der Waals surface area (Å²) in [4.78, 5) is 12.6. The maximum Gasteiger partial charge on any atom is 0.445 e. The van der Waals surface area contributed by atoms with Crippen LogP contribution in [-0.4, -0.2) is 41.9 Å². The van der Waals surface area contributed by atoms with Crippen LogP contribution in [0.15, 0.2) is 77.7 Å². The SMILES string of the molecule is COc1ccccc1OP(=O)(CN(Sc1ccc(Cl)cc1)C(C)C(=O)O)Oc1ccccc1OC. The van der Waals surface area contributed by atoms with Crippen molar-refractivity contribution in [3.63, 3.8) is 0 Å². The van der Waals surface area contributed by atoms with Gasteiger partial charge in [-0.05, 0) is 67.4 Å².